The second-order valence-corrected chi connectivity index (χ2v) is 7.64. The van der Waals surface area contributed by atoms with Crippen molar-refractivity contribution in [1.29, 1.82) is 0 Å². The van der Waals surface area contributed by atoms with Crippen molar-refractivity contribution < 1.29 is 13.2 Å². The van der Waals surface area contributed by atoms with Crippen LogP contribution < -0.4 is 4.74 Å². The summed E-state index contributed by atoms with van der Waals surface area (Å²) in [6.07, 6.45) is 4.49. The van der Waals surface area contributed by atoms with Gasteiger partial charge in [0.05, 0.1) is 19.0 Å². The molecule has 1 saturated heterocycles. The van der Waals surface area contributed by atoms with Crippen LogP contribution in [0.25, 0.3) is 6.08 Å². The number of benzene rings is 1. The van der Waals surface area contributed by atoms with E-state index in [1.165, 1.54) is 22.1 Å². The van der Waals surface area contributed by atoms with E-state index < -0.39 is 10.0 Å². The van der Waals surface area contributed by atoms with Gasteiger partial charge in [-0.2, -0.15) is 9.29 Å². The van der Waals surface area contributed by atoms with Gasteiger partial charge in [0.15, 0.2) is 5.15 Å². The smallest absolute Gasteiger partial charge is 0.236 e. The van der Waals surface area contributed by atoms with Gasteiger partial charge in [-0.25, -0.2) is 8.42 Å². The molecule has 1 aromatic heterocycles. The van der Waals surface area contributed by atoms with Gasteiger partial charge in [-0.3, -0.25) is 4.98 Å². The summed E-state index contributed by atoms with van der Waals surface area (Å²) in [5.74, 6) is 0.471. The van der Waals surface area contributed by atoms with Crippen molar-refractivity contribution in [2.24, 2.45) is 5.92 Å². The highest BCUT2D eigenvalue weighted by atomic mass is 35.5. The number of ether oxygens (including phenoxy) is 1. The van der Waals surface area contributed by atoms with Crippen LogP contribution in [0, 0.1) is 5.92 Å². The maximum absolute atomic E-state index is 12.2. The van der Waals surface area contributed by atoms with E-state index in [9.17, 15) is 8.42 Å². The van der Waals surface area contributed by atoms with Crippen LogP contribution in [0.3, 0.4) is 0 Å². The number of nitrogens with zero attached hydrogens (tertiary/aromatic N) is 3. The molecule has 0 unspecified atom stereocenters. The molecule has 0 N–H and O–H groups in total. The first-order chi connectivity index (χ1) is 11.5. The molecule has 1 aliphatic rings. The van der Waals surface area contributed by atoms with E-state index in [4.69, 9.17) is 16.3 Å². The van der Waals surface area contributed by atoms with Gasteiger partial charge < -0.3 is 4.74 Å². The zero-order chi connectivity index (χ0) is 17.0. The van der Waals surface area contributed by atoms with E-state index >= 15 is 0 Å². The Labute approximate surface area is 145 Å². The molecule has 0 atom stereocenters. The lowest BCUT2D eigenvalue weighted by Gasteiger charge is -2.36. The zero-order valence-corrected chi connectivity index (χ0v) is 14.3. The molecule has 0 amide bonds. The number of halogens is 1. The minimum Gasteiger partial charge on any atom is -0.476 e. The van der Waals surface area contributed by atoms with Crippen molar-refractivity contribution in [3.63, 3.8) is 0 Å². The predicted molar refractivity (Wildman–Crippen MR) is 92.0 cm³/mol. The summed E-state index contributed by atoms with van der Waals surface area (Å²) >= 11 is 5.73. The third-order valence-corrected chi connectivity index (χ3v) is 5.25. The van der Waals surface area contributed by atoms with Gasteiger partial charge in [0.1, 0.15) is 0 Å². The van der Waals surface area contributed by atoms with E-state index in [1.807, 2.05) is 30.3 Å². The molecule has 1 aromatic carbocycles. The van der Waals surface area contributed by atoms with Crippen molar-refractivity contribution in [2.75, 3.05) is 19.7 Å². The molecule has 6 nitrogen and oxygen atoms in total. The first-order valence-electron chi connectivity index (χ1n) is 7.36. The molecule has 0 saturated carbocycles. The molecule has 0 radical (unpaired) electrons. The van der Waals surface area contributed by atoms with Crippen molar-refractivity contribution >= 4 is 27.7 Å². The molecule has 1 fully saturated rings. The largest absolute Gasteiger partial charge is 0.476 e. The average Bonchev–Trinajstić information content (AvgIpc) is 2.52. The van der Waals surface area contributed by atoms with Crippen molar-refractivity contribution in [2.45, 2.75) is 0 Å². The van der Waals surface area contributed by atoms with Crippen molar-refractivity contribution in [3.8, 4) is 5.88 Å². The minimum atomic E-state index is -3.40. The fourth-order valence-corrected chi connectivity index (χ4v) is 3.73. The summed E-state index contributed by atoms with van der Waals surface area (Å²) in [7, 11) is -3.40. The van der Waals surface area contributed by atoms with Gasteiger partial charge in [-0.05, 0) is 11.6 Å². The van der Waals surface area contributed by atoms with Crippen LogP contribution in [-0.2, 0) is 10.0 Å². The highest BCUT2D eigenvalue weighted by molar-refractivity contribution is 7.92. The topological polar surface area (TPSA) is 72.4 Å². The Bertz CT molecular complexity index is 821. The summed E-state index contributed by atoms with van der Waals surface area (Å²) < 4.78 is 31.3. The first-order valence-corrected chi connectivity index (χ1v) is 9.25. The van der Waals surface area contributed by atoms with Crippen LogP contribution in [0.15, 0.2) is 48.1 Å². The molecule has 2 heterocycles. The van der Waals surface area contributed by atoms with Gasteiger partial charge >= 0.3 is 0 Å². The lowest BCUT2D eigenvalue weighted by atomic mass is 10.1. The van der Waals surface area contributed by atoms with Crippen LogP contribution in [0.5, 0.6) is 5.88 Å². The number of aromatic nitrogens is 2. The number of hydrogen-bond donors (Lipinski definition) is 0. The second-order valence-electron chi connectivity index (χ2n) is 5.43. The molecule has 0 aliphatic carbocycles. The Morgan fingerprint density at radius 2 is 2.00 bits per heavy atom. The third-order valence-electron chi connectivity index (χ3n) is 3.57. The maximum atomic E-state index is 12.2. The molecular formula is C16H16ClN3O3S. The summed E-state index contributed by atoms with van der Waals surface area (Å²) in [5, 5.41) is 1.50. The molecule has 2 aromatic rings. The molecular weight excluding hydrogens is 350 g/mol. The minimum absolute atomic E-state index is 0.130. The van der Waals surface area contributed by atoms with Crippen LogP contribution in [0.2, 0.25) is 5.15 Å². The Morgan fingerprint density at radius 1 is 1.25 bits per heavy atom. The van der Waals surface area contributed by atoms with Gasteiger partial charge in [-0.1, -0.05) is 41.9 Å². The monoisotopic (exact) mass is 365 g/mol. The quantitative estimate of drug-likeness (QED) is 0.786. The van der Waals surface area contributed by atoms with E-state index in [-0.39, 0.29) is 11.1 Å². The van der Waals surface area contributed by atoms with Gasteiger partial charge in [0.2, 0.25) is 15.9 Å². The number of sulfonamides is 1. The number of hydrogen-bond acceptors (Lipinski definition) is 5. The van der Waals surface area contributed by atoms with Crippen LogP contribution >= 0.6 is 11.6 Å². The molecule has 126 valence electrons. The molecule has 24 heavy (non-hydrogen) atoms. The van der Waals surface area contributed by atoms with Crippen LogP contribution in [-0.4, -0.2) is 42.4 Å². The van der Waals surface area contributed by atoms with E-state index in [1.54, 1.807) is 6.08 Å². The normalized spacial score (nSPS) is 16.2. The molecule has 0 bridgehead atoms. The van der Waals surface area contributed by atoms with E-state index in [0.717, 1.165) is 5.56 Å². The van der Waals surface area contributed by atoms with Crippen molar-refractivity contribution in [3.05, 3.63) is 58.9 Å². The zero-order valence-electron chi connectivity index (χ0n) is 12.7. The molecule has 8 heteroatoms. The van der Waals surface area contributed by atoms with Crippen LogP contribution in [0.4, 0.5) is 0 Å². The summed E-state index contributed by atoms with van der Waals surface area (Å²) in [4.78, 5) is 7.85. The second kappa shape index (κ2) is 7.29. The van der Waals surface area contributed by atoms with E-state index in [2.05, 4.69) is 9.97 Å². The fraction of sp³-hybridized carbons (Fsp3) is 0.250. The van der Waals surface area contributed by atoms with Gasteiger partial charge in [0.25, 0.3) is 0 Å². The summed E-state index contributed by atoms with van der Waals surface area (Å²) in [6, 6.07) is 9.32. The first kappa shape index (κ1) is 16.9. The van der Waals surface area contributed by atoms with E-state index in [0.29, 0.717) is 25.6 Å². The fourth-order valence-electron chi connectivity index (χ4n) is 2.25. The van der Waals surface area contributed by atoms with Crippen molar-refractivity contribution in [1.82, 2.24) is 14.3 Å². The highest BCUT2D eigenvalue weighted by Crippen LogP contribution is 2.22. The Kier molecular flexibility index (Phi) is 5.13. The summed E-state index contributed by atoms with van der Waals surface area (Å²) in [5.41, 5.74) is 0.848. The van der Waals surface area contributed by atoms with Gasteiger partial charge in [-0.15, -0.1) is 0 Å². The van der Waals surface area contributed by atoms with Gasteiger partial charge in [0, 0.05) is 24.4 Å². The average molecular weight is 366 g/mol. The maximum Gasteiger partial charge on any atom is 0.236 e. The Morgan fingerprint density at radius 3 is 2.71 bits per heavy atom. The Hall–Kier alpha value is -1.96. The molecule has 1 aliphatic heterocycles. The lowest BCUT2D eigenvalue weighted by molar-refractivity contribution is 0.127. The molecule has 3 rings (SSSR count). The third kappa shape index (κ3) is 4.31. The summed E-state index contributed by atoms with van der Waals surface area (Å²) in [6.45, 7) is 1.23. The predicted octanol–water partition coefficient (Wildman–Crippen LogP) is 2.44. The Balaban J connectivity index is 1.49. The number of rotatable bonds is 6. The lowest BCUT2D eigenvalue weighted by Crippen LogP contribution is -2.51. The molecule has 0 spiro atoms. The standard InChI is InChI=1S/C16H16ClN3O3S/c17-15-8-18-9-16(19-15)23-12-14-10-20(11-14)24(21,22)7-6-13-4-2-1-3-5-13/h1-9,14H,10-12H2/b7-6+. The van der Waals surface area contributed by atoms with Crippen LogP contribution in [0.1, 0.15) is 5.56 Å². The SMILES string of the molecule is O=S(=O)(/C=C/c1ccccc1)N1CC(COc2cncc(Cl)n2)C1. The highest BCUT2D eigenvalue weighted by Gasteiger charge is 2.34.